The zero-order valence-corrected chi connectivity index (χ0v) is 12.2. The maximum atomic E-state index is 6.14. The van der Waals surface area contributed by atoms with E-state index in [1.165, 1.54) is 0 Å². The first kappa shape index (κ1) is 14.0. The van der Waals surface area contributed by atoms with Crippen LogP contribution in [0.1, 0.15) is 25.1 Å². The molecule has 0 aliphatic heterocycles. The first-order valence-electron chi connectivity index (χ1n) is 6.14. The van der Waals surface area contributed by atoms with Crippen molar-refractivity contribution in [1.82, 2.24) is 9.97 Å². The quantitative estimate of drug-likeness (QED) is 0.919. The van der Waals surface area contributed by atoms with Crippen LogP contribution in [-0.4, -0.2) is 16.0 Å². The summed E-state index contributed by atoms with van der Waals surface area (Å²) < 4.78 is 6.82. The second kappa shape index (κ2) is 6.63. The minimum Gasteiger partial charge on any atom is -0.481 e. The summed E-state index contributed by atoms with van der Waals surface area (Å²) in [6.07, 6.45) is 5.66. The Morgan fingerprint density at radius 3 is 2.84 bits per heavy atom. The fraction of sp³-hybridized carbons (Fsp3) is 0.286. The average Bonchev–Trinajstić information content (AvgIpc) is 2.45. The molecule has 5 heteroatoms. The van der Waals surface area contributed by atoms with Gasteiger partial charge in [0.15, 0.2) is 6.10 Å². The van der Waals surface area contributed by atoms with Gasteiger partial charge in [0.1, 0.15) is 5.75 Å². The lowest BCUT2D eigenvalue weighted by Crippen LogP contribution is -2.32. The van der Waals surface area contributed by atoms with Crippen LogP contribution in [0, 0.1) is 0 Å². The molecule has 2 N–H and O–H groups in total. The van der Waals surface area contributed by atoms with Crippen molar-refractivity contribution in [1.29, 1.82) is 0 Å². The van der Waals surface area contributed by atoms with E-state index < -0.39 is 0 Å². The smallest absolute Gasteiger partial charge is 0.156 e. The van der Waals surface area contributed by atoms with E-state index in [0.717, 1.165) is 16.6 Å². The van der Waals surface area contributed by atoms with Crippen LogP contribution in [0.3, 0.4) is 0 Å². The van der Waals surface area contributed by atoms with Gasteiger partial charge in [0, 0.05) is 22.9 Å². The predicted molar refractivity (Wildman–Crippen MR) is 77.8 cm³/mol. The summed E-state index contributed by atoms with van der Waals surface area (Å²) >= 11 is 3.37. The minimum absolute atomic E-state index is 0.117. The van der Waals surface area contributed by atoms with Gasteiger partial charge in [-0.1, -0.05) is 13.0 Å². The molecule has 0 fully saturated rings. The fourth-order valence-electron chi connectivity index (χ4n) is 1.73. The average molecular weight is 322 g/mol. The van der Waals surface area contributed by atoms with Crippen LogP contribution in [0.4, 0.5) is 0 Å². The standard InChI is InChI=1S/C14H16BrN3O/c1-2-12(16)14(13-5-3-4-6-18-13)19-11-7-10(15)8-17-9-11/h3-9,12,14H,2,16H2,1H3. The van der Waals surface area contributed by atoms with Crippen molar-refractivity contribution in [2.24, 2.45) is 5.73 Å². The molecule has 0 saturated heterocycles. The van der Waals surface area contributed by atoms with Crippen molar-refractivity contribution >= 4 is 15.9 Å². The Hall–Kier alpha value is -1.46. The molecular formula is C14H16BrN3O. The van der Waals surface area contributed by atoms with Gasteiger partial charge < -0.3 is 10.5 Å². The molecule has 2 atom stereocenters. The summed E-state index contributed by atoms with van der Waals surface area (Å²) in [5.74, 6) is 0.675. The number of aromatic nitrogens is 2. The number of pyridine rings is 2. The van der Waals surface area contributed by atoms with E-state index in [-0.39, 0.29) is 12.1 Å². The molecule has 0 saturated carbocycles. The van der Waals surface area contributed by atoms with Crippen LogP contribution in [0.2, 0.25) is 0 Å². The molecule has 0 spiro atoms. The summed E-state index contributed by atoms with van der Waals surface area (Å²) in [5.41, 5.74) is 6.97. The van der Waals surface area contributed by atoms with Gasteiger partial charge in [-0.3, -0.25) is 9.97 Å². The van der Waals surface area contributed by atoms with E-state index in [1.54, 1.807) is 18.6 Å². The Morgan fingerprint density at radius 1 is 1.37 bits per heavy atom. The molecular weight excluding hydrogens is 306 g/mol. The van der Waals surface area contributed by atoms with Gasteiger partial charge >= 0.3 is 0 Å². The van der Waals surface area contributed by atoms with Crippen molar-refractivity contribution < 1.29 is 4.74 Å². The molecule has 0 aliphatic rings. The topological polar surface area (TPSA) is 61.0 Å². The van der Waals surface area contributed by atoms with Gasteiger partial charge in [-0.25, -0.2) is 0 Å². The Labute approximate surface area is 121 Å². The van der Waals surface area contributed by atoms with E-state index >= 15 is 0 Å². The molecule has 100 valence electrons. The fourth-order valence-corrected chi connectivity index (χ4v) is 2.07. The highest BCUT2D eigenvalue weighted by atomic mass is 79.9. The van der Waals surface area contributed by atoms with Gasteiger partial charge in [-0.2, -0.15) is 0 Å². The monoisotopic (exact) mass is 321 g/mol. The molecule has 0 radical (unpaired) electrons. The molecule has 0 aromatic carbocycles. The van der Waals surface area contributed by atoms with Crippen molar-refractivity contribution in [3.8, 4) is 5.75 Å². The molecule has 2 aromatic heterocycles. The predicted octanol–water partition coefficient (Wildman–Crippen LogP) is 3.10. The van der Waals surface area contributed by atoms with Crippen molar-refractivity contribution in [3.63, 3.8) is 0 Å². The lowest BCUT2D eigenvalue weighted by Gasteiger charge is -2.23. The van der Waals surface area contributed by atoms with Gasteiger partial charge in [0.2, 0.25) is 0 Å². The van der Waals surface area contributed by atoms with Crippen LogP contribution in [0.15, 0.2) is 47.3 Å². The van der Waals surface area contributed by atoms with Crippen LogP contribution in [-0.2, 0) is 0 Å². The summed E-state index contributed by atoms with van der Waals surface area (Å²) in [6.45, 7) is 2.03. The van der Waals surface area contributed by atoms with Crippen molar-refractivity contribution in [3.05, 3.63) is 53.0 Å². The lowest BCUT2D eigenvalue weighted by molar-refractivity contribution is 0.166. The van der Waals surface area contributed by atoms with E-state index in [0.29, 0.717) is 5.75 Å². The number of hydrogen-bond donors (Lipinski definition) is 1. The van der Waals surface area contributed by atoms with Gasteiger partial charge in [-0.05, 0) is 40.5 Å². The third-order valence-electron chi connectivity index (χ3n) is 2.78. The Kier molecular flexibility index (Phi) is 4.87. The molecule has 0 aliphatic carbocycles. The maximum Gasteiger partial charge on any atom is 0.156 e. The SMILES string of the molecule is CCC(N)C(Oc1cncc(Br)c1)c1ccccn1. The summed E-state index contributed by atoms with van der Waals surface area (Å²) in [6, 6.07) is 7.48. The van der Waals surface area contributed by atoms with Crippen LogP contribution in [0.5, 0.6) is 5.75 Å². The highest BCUT2D eigenvalue weighted by Gasteiger charge is 2.21. The number of halogens is 1. The van der Waals surface area contributed by atoms with Crippen LogP contribution >= 0.6 is 15.9 Å². The van der Waals surface area contributed by atoms with E-state index in [4.69, 9.17) is 10.5 Å². The second-order valence-corrected chi connectivity index (χ2v) is 5.12. The van der Waals surface area contributed by atoms with Gasteiger partial charge in [-0.15, -0.1) is 0 Å². The normalized spacial score (nSPS) is 13.8. The molecule has 2 rings (SSSR count). The van der Waals surface area contributed by atoms with Crippen LogP contribution < -0.4 is 10.5 Å². The van der Waals surface area contributed by atoms with Gasteiger partial charge in [0.25, 0.3) is 0 Å². The molecule has 0 amide bonds. The molecule has 19 heavy (non-hydrogen) atoms. The van der Waals surface area contributed by atoms with E-state index in [2.05, 4.69) is 25.9 Å². The first-order chi connectivity index (χ1) is 9.20. The first-order valence-corrected chi connectivity index (χ1v) is 6.93. The second-order valence-electron chi connectivity index (χ2n) is 4.20. The number of ether oxygens (including phenoxy) is 1. The largest absolute Gasteiger partial charge is 0.481 e. The summed E-state index contributed by atoms with van der Waals surface area (Å²) in [4.78, 5) is 8.41. The van der Waals surface area contributed by atoms with Crippen LogP contribution in [0.25, 0.3) is 0 Å². The molecule has 2 heterocycles. The summed E-state index contributed by atoms with van der Waals surface area (Å²) in [5, 5.41) is 0. The number of rotatable bonds is 5. The third kappa shape index (κ3) is 3.75. The minimum atomic E-state index is -0.276. The molecule has 4 nitrogen and oxygen atoms in total. The van der Waals surface area contributed by atoms with E-state index in [1.807, 2.05) is 31.2 Å². The van der Waals surface area contributed by atoms with Crippen molar-refractivity contribution in [2.75, 3.05) is 0 Å². The molecule has 2 unspecified atom stereocenters. The number of hydrogen-bond acceptors (Lipinski definition) is 4. The maximum absolute atomic E-state index is 6.14. The van der Waals surface area contributed by atoms with Gasteiger partial charge in [0.05, 0.1) is 11.9 Å². The summed E-state index contributed by atoms with van der Waals surface area (Å²) in [7, 11) is 0. The van der Waals surface area contributed by atoms with E-state index in [9.17, 15) is 0 Å². The molecule has 2 aromatic rings. The van der Waals surface area contributed by atoms with Crippen molar-refractivity contribution in [2.45, 2.75) is 25.5 Å². The zero-order chi connectivity index (χ0) is 13.7. The Bertz CT molecular complexity index is 521. The third-order valence-corrected chi connectivity index (χ3v) is 3.22. The zero-order valence-electron chi connectivity index (χ0n) is 10.7. The Morgan fingerprint density at radius 2 is 2.21 bits per heavy atom. The Balaban J connectivity index is 2.24. The highest BCUT2D eigenvalue weighted by molar-refractivity contribution is 9.10. The highest BCUT2D eigenvalue weighted by Crippen LogP contribution is 2.25. The number of nitrogens with zero attached hydrogens (tertiary/aromatic N) is 2. The number of nitrogens with two attached hydrogens (primary N) is 1. The lowest BCUT2D eigenvalue weighted by atomic mass is 10.1. The molecule has 0 bridgehead atoms.